The van der Waals surface area contributed by atoms with Gasteiger partial charge >= 0.3 is 18.2 Å². The van der Waals surface area contributed by atoms with Crippen molar-refractivity contribution in [2.24, 2.45) is 0 Å². The molecule has 0 aliphatic heterocycles. The van der Waals surface area contributed by atoms with Crippen LogP contribution in [0, 0.1) is 0 Å². The molecule has 0 radical (unpaired) electrons. The summed E-state index contributed by atoms with van der Waals surface area (Å²) in [6.45, 7) is 4.54. The van der Waals surface area contributed by atoms with Gasteiger partial charge in [-0.2, -0.15) is 13.2 Å². The first-order valence-electron chi connectivity index (χ1n) is 6.76. The SMILES string of the molecule is CC(C)(C)OC(=O)N[C@@H](C(=O)O)C(c1ccccc1)C(F)(F)F. The van der Waals surface area contributed by atoms with Gasteiger partial charge in [-0.25, -0.2) is 9.59 Å². The summed E-state index contributed by atoms with van der Waals surface area (Å²) in [7, 11) is 0. The van der Waals surface area contributed by atoms with Gasteiger partial charge in [-0.1, -0.05) is 30.3 Å². The first-order valence-corrected chi connectivity index (χ1v) is 6.76. The number of hydrogen-bond acceptors (Lipinski definition) is 3. The van der Waals surface area contributed by atoms with Gasteiger partial charge in [0, 0.05) is 0 Å². The number of alkyl carbamates (subject to hydrolysis) is 1. The highest BCUT2D eigenvalue weighted by atomic mass is 19.4. The molecule has 1 rings (SSSR count). The molecule has 0 aliphatic rings. The van der Waals surface area contributed by atoms with Crippen LogP contribution >= 0.6 is 0 Å². The number of hydrogen-bond donors (Lipinski definition) is 2. The number of carbonyl (C=O) groups is 2. The van der Waals surface area contributed by atoms with Gasteiger partial charge < -0.3 is 15.2 Å². The summed E-state index contributed by atoms with van der Waals surface area (Å²) in [5.41, 5.74) is -1.23. The number of carbonyl (C=O) groups excluding carboxylic acids is 1. The molecule has 5 nitrogen and oxygen atoms in total. The number of amides is 1. The second-order valence-corrected chi connectivity index (χ2v) is 5.89. The van der Waals surface area contributed by atoms with E-state index in [1.807, 2.05) is 0 Å². The normalized spacial score (nSPS) is 14.7. The van der Waals surface area contributed by atoms with E-state index >= 15 is 0 Å². The number of carboxylic acid groups (broad SMARTS) is 1. The summed E-state index contributed by atoms with van der Waals surface area (Å²) in [5, 5.41) is 10.9. The number of rotatable bonds is 4. The zero-order valence-electron chi connectivity index (χ0n) is 12.8. The van der Waals surface area contributed by atoms with E-state index in [0.29, 0.717) is 0 Å². The van der Waals surface area contributed by atoms with Crippen LogP contribution in [0.2, 0.25) is 0 Å². The highest BCUT2D eigenvalue weighted by molar-refractivity contribution is 5.81. The smallest absolute Gasteiger partial charge is 0.408 e. The van der Waals surface area contributed by atoms with Crippen LogP contribution in [0.25, 0.3) is 0 Å². The van der Waals surface area contributed by atoms with E-state index in [9.17, 15) is 22.8 Å². The van der Waals surface area contributed by atoms with Crippen molar-refractivity contribution in [2.45, 2.75) is 44.5 Å². The Morgan fingerprint density at radius 3 is 2.04 bits per heavy atom. The van der Waals surface area contributed by atoms with Gasteiger partial charge in [0.1, 0.15) is 17.6 Å². The fourth-order valence-electron chi connectivity index (χ4n) is 1.95. The minimum atomic E-state index is -4.86. The first-order chi connectivity index (χ1) is 10.4. The lowest BCUT2D eigenvalue weighted by atomic mass is 9.91. The molecule has 0 fully saturated rings. The van der Waals surface area contributed by atoms with E-state index < -0.39 is 35.8 Å². The summed E-state index contributed by atoms with van der Waals surface area (Å²) in [6.07, 6.45) is -6.09. The maximum absolute atomic E-state index is 13.3. The van der Waals surface area contributed by atoms with Crippen LogP contribution in [-0.2, 0) is 9.53 Å². The molecule has 1 amide bonds. The molecule has 0 aliphatic carbocycles. The number of benzene rings is 1. The third kappa shape index (κ3) is 5.80. The lowest BCUT2D eigenvalue weighted by Crippen LogP contribution is -2.50. The summed E-state index contributed by atoms with van der Waals surface area (Å²) >= 11 is 0. The molecule has 0 saturated heterocycles. The molecule has 8 heteroatoms. The minimum Gasteiger partial charge on any atom is -0.480 e. The third-order valence-corrected chi connectivity index (χ3v) is 2.78. The molecule has 0 heterocycles. The second-order valence-electron chi connectivity index (χ2n) is 5.89. The number of halogens is 3. The summed E-state index contributed by atoms with van der Waals surface area (Å²) in [6, 6.07) is 4.34. The van der Waals surface area contributed by atoms with Crippen LogP contribution in [0.3, 0.4) is 0 Å². The van der Waals surface area contributed by atoms with E-state index in [1.165, 1.54) is 39.0 Å². The molecule has 0 bridgehead atoms. The lowest BCUT2D eigenvalue weighted by molar-refractivity contribution is -0.169. The Labute approximate surface area is 131 Å². The predicted octanol–water partition coefficient (Wildman–Crippen LogP) is 3.31. The van der Waals surface area contributed by atoms with Gasteiger partial charge in [-0.3, -0.25) is 0 Å². The Hall–Kier alpha value is -2.25. The molecule has 2 atom stereocenters. The van der Waals surface area contributed by atoms with Crippen molar-refractivity contribution in [3.05, 3.63) is 35.9 Å². The quantitative estimate of drug-likeness (QED) is 0.886. The molecule has 0 aromatic heterocycles. The van der Waals surface area contributed by atoms with E-state index in [0.717, 1.165) is 12.1 Å². The Morgan fingerprint density at radius 2 is 1.65 bits per heavy atom. The van der Waals surface area contributed by atoms with Gasteiger partial charge in [-0.05, 0) is 26.3 Å². The standard InChI is InChI=1S/C15H18F3NO4/c1-14(2,3)23-13(22)19-11(12(20)21)10(15(16,17)18)9-7-5-4-6-8-9/h4-8,10-11H,1-3H3,(H,19,22)(H,20,21)/t10?,11-/m1/s1. The van der Waals surface area contributed by atoms with Gasteiger partial charge in [0.05, 0.1) is 0 Å². The van der Waals surface area contributed by atoms with Gasteiger partial charge in [0.15, 0.2) is 0 Å². The second kappa shape index (κ2) is 6.89. The monoisotopic (exact) mass is 333 g/mol. The minimum absolute atomic E-state index is 0.261. The van der Waals surface area contributed by atoms with Crippen molar-refractivity contribution in [1.29, 1.82) is 0 Å². The summed E-state index contributed by atoms with van der Waals surface area (Å²) in [4.78, 5) is 23.0. The number of aliphatic carboxylic acids is 1. The average molecular weight is 333 g/mol. The molecular formula is C15H18F3NO4. The largest absolute Gasteiger partial charge is 0.480 e. The maximum Gasteiger partial charge on any atom is 0.408 e. The highest BCUT2D eigenvalue weighted by Gasteiger charge is 2.49. The zero-order chi connectivity index (χ0) is 17.8. The average Bonchev–Trinajstić information content (AvgIpc) is 2.35. The van der Waals surface area contributed by atoms with Crippen LogP contribution < -0.4 is 5.32 Å². The molecule has 128 valence electrons. The van der Waals surface area contributed by atoms with Crippen LogP contribution in [-0.4, -0.2) is 35.0 Å². The summed E-state index contributed by atoms with van der Waals surface area (Å²) in [5.74, 6) is -4.20. The van der Waals surface area contributed by atoms with E-state index in [4.69, 9.17) is 9.84 Å². The highest BCUT2D eigenvalue weighted by Crippen LogP contribution is 2.37. The fourth-order valence-corrected chi connectivity index (χ4v) is 1.95. The fraction of sp³-hybridized carbons (Fsp3) is 0.467. The maximum atomic E-state index is 13.3. The molecule has 0 spiro atoms. The van der Waals surface area contributed by atoms with Crippen LogP contribution in [0.5, 0.6) is 0 Å². The Kier molecular flexibility index (Phi) is 5.63. The lowest BCUT2D eigenvalue weighted by Gasteiger charge is -2.28. The molecule has 1 aromatic carbocycles. The molecule has 23 heavy (non-hydrogen) atoms. The van der Waals surface area contributed by atoms with Crippen molar-refractivity contribution in [3.63, 3.8) is 0 Å². The van der Waals surface area contributed by atoms with Crippen molar-refractivity contribution >= 4 is 12.1 Å². The number of nitrogens with one attached hydrogen (secondary N) is 1. The molecule has 2 N–H and O–H groups in total. The van der Waals surface area contributed by atoms with Crippen LogP contribution in [0.1, 0.15) is 32.3 Å². The number of alkyl halides is 3. The Bertz CT molecular complexity index is 552. The third-order valence-electron chi connectivity index (χ3n) is 2.78. The van der Waals surface area contributed by atoms with Gasteiger partial charge in [0.25, 0.3) is 0 Å². The van der Waals surface area contributed by atoms with Crippen LogP contribution in [0.4, 0.5) is 18.0 Å². The Morgan fingerprint density at radius 1 is 1.13 bits per heavy atom. The molecule has 0 saturated carbocycles. The first kappa shape index (κ1) is 18.8. The Balaban J connectivity index is 3.13. The van der Waals surface area contributed by atoms with E-state index in [1.54, 1.807) is 5.32 Å². The zero-order valence-corrected chi connectivity index (χ0v) is 12.8. The number of carboxylic acids is 1. The van der Waals surface area contributed by atoms with Gasteiger partial charge in [0.2, 0.25) is 0 Å². The van der Waals surface area contributed by atoms with E-state index in [2.05, 4.69) is 0 Å². The van der Waals surface area contributed by atoms with Gasteiger partial charge in [-0.15, -0.1) is 0 Å². The number of ether oxygens (including phenoxy) is 1. The van der Waals surface area contributed by atoms with Crippen molar-refractivity contribution in [3.8, 4) is 0 Å². The summed E-state index contributed by atoms with van der Waals surface area (Å²) < 4.78 is 44.9. The van der Waals surface area contributed by atoms with Crippen molar-refractivity contribution in [1.82, 2.24) is 5.32 Å². The molecule has 1 unspecified atom stereocenters. The topological polar surface area (TPSA) is 75.6 Å². The predicted molar refractivity (Wildman–Crippen MR) is 76.0 cm³/mol. The van der Waals surface area contributed by atoms with Crippen molar-refractivity contribution < 1.29 is 32.6 Å². The van der Waals surface area contributed by atoms with Crippen LogP contribution in [0.15, 0.2) is 30.3 Å². The van der Waals surface area contributed by atoms with Crippen molar-refractivity contribution in [2.75, 3.05) is 0 Å². The molecular weight excluding hydrogens is 315 g/mol. The molecule has 1 aromatic rings. The van der Waals surface area contributed by atoms with E-state index in [-0.39, 0.29) is 5.56 Å².